The summed E-state index contributed by atoms with van der Waals surface area (Å²) in [5.41, 5.74) is 3.50. The van der Waals surface area contributed by atoms with Gasteiger partial charge in [0.2, 0.25) is 0 Å². The van der Waals surface area contributed by atoms with E-state index in [1.54, 1.807) is 16.7 Å². The second-order valence-corrected chi connectivity index (χ2v) is 7.51. The Labute approximate surface area is 151 Å². The molecular formula is C19H22N4OS. The number of para-hydroxylation sites is 1. The van der Waals surface area contributed by atoms with Crippen molar-refractivity contribution in [3.8, 4) is 0 Å². The molecule has 0 radical (unpaired) electrons. The molecule has 25 heavy (non-hydrogen) atoms. The van der Waals surface area contributed by atoms with Gasteiger partial charge < -0.3 is 4.90 Å². The van der Waals surface area contributed by atoms with E-state index in [1.807, 2.05) is 5.38 Å². The summed E-state index contributed by atoms with van der Waals surface area (Å²) in [4.78, 5) is 22.2. The Hall–Kier alpha value is -2.18. The van der Waals surface area contributed by atoms with Gasteiger partial charge in [-0.15, -0.1) is 11.3 Å². The van der Waals surface area contributed by atoms with Gasteiger partial charge in [-0.1, -0.05) is 18.2 Å². The van der Waals surface area contributed by atoms with Gasteiger partial charge in [0.1, 0.15) is 0 Å². The van der Waals surface area contributed by atoms with E-state index >= 15 is 0 Å². The number of benzene rings is 1. The summed E-state index contributed by atoms with van der Waals surface area (Å²) in [7, 11) is 2.08. The topological polar surface area (TPSA) is 40.9 Å². The van der Waals surface area contributed by atoms with E-state index in [0.29, 0.717) is 6.54 Å². The van der Waals surface area contributed by atoms with E-state index in [2.05, 4.69) is 46.1 Å². The molecule has 1 aliphatic heterocycles. The minimum Gasteiger partial charge on any atom is -0.371 e. The van der Waals surface area contributed by atoms with E-state index in [0.717, 1.165) is 30.3 Å². The van der Waals surface area contributed by atoms with E-state index in [1.165, 1.54) is 35.4 Å². The zero-order chi connectivity index (χ0) is 17.2. The van der Waals surface area contributed by atoms with Crippen molar-refractivity contribution in [2.75, 3.05) is 25.0 Å². The molecule has 3 aromatic rings. The summed E-state index contributed by atoms with van der Waals surface area (Å²) >= 11 is 1.49. The highest BCUT2D eigenvalue weighted by Crippen LogP contribution is 2.25. The summed E-state index contributed by atoms with van der Waals surface area (Å²) in [6, 6.07) is 10.3. The van der Waals surface area contributed by atoms with Crippen LogP contribution >= 0.6 is 11.3 Å². The molecule has 0 bridgehead atoms. The molecule has 0 amide bonds. The van der Waals surface area contributed by atoms with Gasteiger partial charge in [-0.05, 0) is 31.5 Å². The second-order valence-electron chi connectivity index (χ2n) is 6.64. The lowest BCUT2D eigenvalue weighted by Crippen LogP contribution is -2.24. The number of hydrogen-bond acceptors (Lipinski definition) is 5. The van der Waals surface area contributed by atoms with Crippen molar-refractivity contribution in [3.05, 3.63) is 63.5 Å². The van der Waals surface area contributed by atoms with Gasteiger partial charge in [0.15, 0.2) is 4.96 Å². The number of nitrogens with zero attached hydrogens (tertiary/aromatic N) is 4. The Morgan fingerprint density at radius 1 is 1.20 bits per heavy atom. The lowest BCUT2D eigenvalue weighted by atomic mass is 10.1. The number of hydrogen-bond donors (Lipinski definition) is 0. The fourth-order valence-electron chi connectivity index (χ4n) is 3.50. The van der Waals surface area contributed by atoms with Gasteiger partial charge in [0.05, 0.1) is 5.69 Å². The van der Waals surface area contributed by atoms with Gasteiger partial charge in [-0.2, -0.15) is 0 Å². The lowest BCUT2D eigenvalue weighted by molar-refractivity contribution is 0.315. The molecule has 4 rings (SSSR count). The van der Waals surface area contributed by atoms with Crippen LogP contribution < -0.4 is 10.5 Å². The molecule has 6 heteroatoms. The predicted molar refractivity (Wildman–Crippen MR) is 102 cm³/mol. The fourth-order valence-corrected chi connectivity index (χ4v) is 4.24. The van der Waals surface area contributed by atoms with Crippen molar-refractivity contribution in [2.24, 2.45) is 0 Å². The molecular weight excluding hydrogens is 332 g/mol. The largest absolute Gasteiger partial charge is 0.371 e. The van der Waals surface area contributed by atoms with Crippen LogP contribution in [0.1, 0.15) is 24.1 Å². The van der Waals surface area contributed by atoms with Crippen LogP contribution in [-0.4, -0.2) is 34.4 Å². The molecule has 0 atom stereocenters. The number of fused-ring (bicyclic) bond motifs is 1. The Kier molecular flexibility index (Phi) is 4.55. The maximum atomic E-state index is 12.1. The minimum absolute atomic E-state index is 0.00730. The lowest BCUT2D eigenvalue weighted by Gasteiger charge is -2.24. The fraction of sp³-hybridized carbons (Fsp3) is 0.368. The molecule has 0 spiro atoms. The van der Waals surface area contributed by atoms with Crippen molar-refractivity contribution < 1.29 is 0 Å². The zero-order valence-electron chi connectivity index (χ0n) is 14.4. The molecule has 0 saturated carbocycles. The van der Waals surface area contributed by atoms with Gasteiger partial charge in [0.25, 0.3) is 5.56 Å². The molecule has 1 fully saturated rings. The molecule has 2 aromatic heterocycles. The highest BCUT2D eigenvalue weighted by Gasteiger charge is 2.16. The number of anilines is 1. The first-order chi connectivity index (χ1) is 12.2. The summed E-state index contributed by atoms with van der Waals surface area (Å²) in [6.45, 7) is 3.80. The average molecular weight is 354 g/mol. The van der Waals surface area contributed by atoms with Crippen LogP contribution in [0.4, 0.5) is 5.69 Å². The van der Waals surface area contributed by atoms with Crippen molar-refractivity contribution in [3.63, 3.8) is 0 Å². The smallest absolute Gasteiger partial charge is 0.258 e. The Bertz CT molecular complexity index is 926. The predicted octanol–water partition coefficient (Wildman–Crippen LogP) is 2.99. The average Bonchev–Trinajstić information content (AvgIpc) is 3.26. The van der Waals surface area contributed by atoms with Gasteiger partial charge >= 0.3 is 0 Å². The molecule has 130 valence electrons. The van der Waals surface area contributed by atoms with Crippen LogP contribution in [0.5, 0.6) is 0 Å². The van der Waals surface area contributed by atoms with E-state index < -0.39 is 0 Å². The van der Waals surface area contributed by atoms with Crippen molar-refractivity contribution in [1.82, 2.24) is 14.3 Å². The van der Waals surface area contributed by atoms with Crippen molar-refractivity contribution >= 4 is 22.0 Å². The summed E-state index contributed by atoms with van der Waals surface area (Å²) in [6.07, 6.45) is 4.33. The summed E-state index contributed by atoms with van der Waals surface area (Å²) < 4.78 is 1.59. The first-order valence-electron chi connectivity index (χ1n) is 8.68. The maximum Gasteiger partial charge on any atom is 0.258 e. The normalized spacial score (nSPS) is 14.7. The molecule has 0 aliphatic carbocycles. The first-order valence-corrected chi connectivity index (χ1v) is 9.56. The second kappa shape index (κ2) is 6.98. The van der Waals surface area contributed by atoms with Crippen LogP contribution in [0.15, 0.2) is 46.7 Å². The molecule has 5 nitrogen and oxygen atoms in total. The molecule has 0 unspecified atom stereocenters. The highest BCUT2D eigenvalue weighted by molar-refractivity contribution is 7.15. The van der Waals surface area contributed by atoms with Gasteiger partial charge in [-0.3, -0.25) is 14.1 Å². The number of aromatic nitrogens is 2. The molecule has 1 aromatic carbocycles. The van der Waals surface area contributed by atoms with E-state index in [-0.39, 0.29) is 5.56 Å². The van der Waals surface area contributed by atoms with Crippen LogP contribution in [0.2, 0.25) is 0 Å². The minimum atomic E-state index is -0.00730. The molecule has 1 aliphatic rings. The Balaban J connectivity index is 1.52. The standard InChI is InChI=1S/C19H22N4OS/c1-21(14-16-12-18(24)23-10-11-25-19(23)20-16)13-15-6-2-3-7-17(15)22-8-4-5-9-22/h2-3,6-7,10-12H,4-5,8-9,13-14H2,1H3. The van der Waals surface area contributed by atoms with Crippen molar-refractivity contribution in [2.45, 2.75) is 25.9 Å². The summed E-state index contributed by atoms with van der Waals surface area (Å²) in [5.74, 6) is 0. The first kappa shape index (κ1) is 16.3. The van der Waals surface area contributed by atoms with E-state index in [9.17, 15) is 4.79 Å². The third-order valence-corrected chi connectivity index (χ3v) is 5.42. The monoisotopic (exact) mass is 354 g/mol. The van der Waals surface area contributed by atoms with E-state index in [4.69, 9.17) is 0 Å². The Morgan fingerprint density at radius 2 is 2.00 bits per heavy atom. The van der Waals surface area contributed by atoms with Gasteiger partial charge in [-0.25, -0.2) is 4.98 Å². The van der Waals surface area contributed by atoms with Crippen LogP contribution in [0.3, 0.4) is 0 Å². The van der Waals surface area contributed by atoms with Crippen LogP contribution in [0, 0.1) is 0 Å². The highest BCUT2D eigenvalue weighted by atomic mass is 32.1. The van der Waals surface area contributed by atoms with Crippen LogP contribution in [0.25, 0.3) is 4.96 Å². The third-order valence-electron chi connectivity index (χ3n) is 4.67. The van der Waals surface area contributed by atoms with Crippen LogP contribution in [-0.2, 0) is 13.1 Å². The number of rotatable bonds is 5. The molecule has 1 saturated heterocycles. The van der Waals surface area contributed by atoms with Gasteiger partial charge in [0, 0.05) is 49.5 Å². The Morgan fingerprint density at radius 3 is 2.84 bits per heavy atom. The maximum absolute atomic E-state index is 12.1. The zero-order valence-corrected chi connectivity index (χ0v) is 15.2. The molecule has 3 heterocycles. The SMILES string of the molecule is CN(Cc1cc(=O)n2ccsc2n1)Cc1ccccc1N1CCCC1. The third kappa shape index (κ3) is 3.45. The van der Waals surface area contributed by atoms with Crippen molar-refractivity contribution in [1.29, 1.82) is 0 Å². The summed E-state index contributed by atoms with van der Waals surface area (Å²) in [5, 5.41) is 1.89. The number of thiazole rings is 1. The molecule has 0 N–H and O–H groups in total. The quantitative estimate of drug-likeness (QED) is 0.706.